The van der Waals surface area contributed by atoms with Crippen molar-refractivity contribution in [1.82, 2.24) is 9.55 Å². The van der Waals surface area contributed by atoms with E-state index in [1.807, 2.05) is 0 Å². The van der Waals surface area contributed by atoms with Gasteiger partial charge in [0.15, 0.2) is 6.23 Å². The van der Waals surface area contributed by atoms with Crippen molar-refractivity contribution in [2.45, 2.75) is 24.5 Å². The van der Waals surface area contributed by atoms with Crippen LogP contribution in [0.1, 0.15) is 6.23 Å². The molecule has 24 heavy (non-hydrogen) atoms. The van der Waals surface area contributed by atoms with E-state index in [1.54, 1.807) is 0 Å². The summed E-state index contributed by atoms with van der Waals surface area (Å²) in [7, 11) is -4.42. The highest BCUT2D eigenvalue weighted by Crippen LogP contribution is 2.42. The number of carbonyl (C=O) groups is 1. The van der Waals surface area contributed by atoms with E-state index in [9.17, 15) is 29.3 Å². The summed E-state index contributed by atoms with van der Waals surface area (Å²) < 4.78 is 22.2. The molecule has 1 saturated heterocycles. The fourth-order valence-electron chi connectivity index (χ4n) is 2.12. The number of ether oxygens (including phenoxy) is 1. The molecule has 1 fully saturated rings. The lowest BCUT2D eigenvalue weighted by Crippen LogP contribution is -2.36. The summed E-state index contributed by atoms with van der Waals surface area (Å²) in [6, 6.07) is 1.28. The minimum atomic E-state index is -4.42. The Morgan fingerprint density at radius 3 is 2.71 bits per heavy atom. The maximum atomic E-state index is 11.7. The van der Waals surface area contributed by atoms with Gasteiger partial charge in [-0.25, -0.2) is 4.79 Å². The van der Waals surface area contributed by atoms with Gasteiger partial charge < -0.3 is 35.2 Å². The summed E-state index contributed by atoms with van der Waals surface area (Å²) in [5, 5.41) is 28.4. The van der Waals surface area contributed by atoms with Crippen molar-refractivity contribution >= 4 is 19.4 Å². The predicted molar refractivity (Wildman–Crippen MR) is 77.1 cm³/mol. The fourth-order valence-corrected chi connectivity index (χ4v) is 2.94. The third kappa shape index (κ3) is 4.17. The van der Waals surface area contributed by atoms with E-state index in [0.717, 1.165) is 4.57 Å². The third-order valence-corrected chi connectivity index (χ3v) is 4.46. The molecule has 1 aromatic heterocycles. The minimum Gasteiger partial charge on any atom is -0.481 e. The van der Waals surface area contributed by atoms with Crippen LogP contribution in [0.5, 0.6) is 0 Å². The van der Waals surface area contributed by atoms with E-state index in [4.69, 9.17) is 15.6 Å². The summed E-state index contributed by atoms with van der Waals surface area (Å²) in [5.74, 6) is -1.58. The van der Waals surface area contributed by atoms with Crippen LogP contribution in [0.25, 0.3) is 0 Å². The first kappa shape index (κ1) is 18.5. The van der Waals surface area contributed by atoms with Crippen LogP contribution in [-0.2, 0) is 18.6 Å². The molecular weight excluding hydrogens is 349 g/mol. The number of carboxylic acid groups (broad SMARTS) is 1. The minimum absolute atomic E-state index is 0.0425. The van der Waals surface area contributed by atoms with Gasteiger partial charge in [-0.3, -0.25) is 13.9 Å². The molecule has 3 unspecified atom stereocenters. The zero-order chi connectivity index (χ0) is 18.1. The first-order valence-electron chi connectivity index (χ1n) is 6.65. The molecule has 0 bridgehead atoms. The van der Waals surface area contributed by atoms with Gasteiger partial charge >= 0.3 is 19.3 Å². The van der Waals surface area contributed by atoms with Crippen LogP contribution >= 0.6 is 7.60 Å². The average molecular weight is 365 g/mol. The van der Waals surface area contributed by atoms with Crippen LogP contribution in [0, 0.1) is 0 Å². The molecule has 1 aliphatic heterocycles. The number of aliphatic hydroxyl groups excluding tert-OH is 2. The van der Waals surface area contributed by atoms with Crippen molar-refractivity contribution in [3.63, 3.8) is 0 Å². The molecule has 0 saturated carbocycles. The van der Waals surface area contributed by atoms with Crippen LogP contribution in [-0.4, -0.2) is 66.8 Å². The first-order chi connectivity index (χ1) is 11.1. The maximum Gasteiger partial charge on any atom is 0.351 e. The van der Waals surface area contributed by atoms with Crippen LogP contribution in [0.2, 0.25) is 0 Å². The summed E-state index contributed by atoms with van der Waals surface area (Å²) >= 11 is 0. The summed E-state index contributed by atoms with van der Waals surface area (Å²) in [5.41, 5.74) is 4.52. The number of hydrogen-bond acceptors (Lipinski definition) is 9. The van der Waals surface area contributed by atoms with Crippen molar-refractivity contribution in [2.75, 3.05) is 18.5 Å². The van der Waals surface area contributed by atoms with Crippen molar-refractivity contribution in [2.24, 2.45) is 0 Å². The number of aromatic nitrogens is 2. The Bertz CT molecular complexity index is 723. The van der Waals surface area contributed by atoms with E-state index in [0.29, 0.717) is 0 Å². The largest absolute Gasteiger partial charge is 0.481 e. The van der Waals surface area contributed by atoms with Gasteiger partial charge in [-0.05, 0) is 6.07 Å². The molecule has 2 heterocycles. The van der Waals surface area contributed by atoms with E-state index < -0.39 is 56.6 Å². The molecule has 1 aliphatic rings. The van der Waals surface area contributed by atoms with E-state index in [1.165, 1.54) is 12.3 Å². The van der Waals surface area contributed by atoms with Crippen molar-refractivity contribution in [1.29, 1.82) is 0 Å². The number of nitrogen functional groups attached to an aromatic ring is 1. The van der Waals surface area contributed by atoms with Gasteiger partial charge in [0.25, 0.3) is 0 Å². The molecule has 0 radical (unpaired) electrons. The molecule has 6 N–H and O–H groups in total. The molecule has 0 aromatic carbocycles. The zero-order valence-corrected chi connectivity index (χ0v) is 13.0. The Kier molecular flexibility index (Phi) is 5.38. The number of aliphatic carboxylic acids is 1. The van der Waals surface area contributed by atoms with Crippen molar-refractivity contribution < 1.29 is 38.8 Å². The fraction of sp³-hybridized carbons (Fsp3) is 0.545. The maximum absolute atomic E-state index is 11.7. The zero-order valence-electron chi connectivity index (χ0n) is 12.1. The SMILES string of the molecule is Nc1ccn([C@@H]2O[C@H](COP(=O)(O)CC(=O)O)C(O)C2O)c(=O)n1. The monoisotopic (exact) mass is 365 g/mol. The van der Waals surface area contributed by atoms with Gasteiger partial charge in [0.05, 0.1) is 6.61 Å². The lowest BCUT2D eigenvalue weighted by atomic mass is 10.1. The third-order valence-electron chi connectivity index (χ3n) is 3.24. The summed E-state index contributed by atoms with van der Waals surface area (Å²) in [6.07, 6.45) is -5.57. The standard InChI is InChI=1S/C11H16N3O9P/c12-6-1-2-14(11(19)13-6)10-9(18)8(17)5(23-10)3-22-24(20,21)4-7(15)16/h1-2,5,8-10,17-18H,3-4H2,(H,15,16)(H,20,21)(H2,12,13,19)/t5-,8?,9?,10-/m1/s1. The smallest absolute Gasteiger partial charge is 0.351 e. The number of carboxylic acids is 1. The lowest BCUT2D eigenvalue weighted by Gasteiger charge is -2.17. The Morgan fingerprint density at radius 2 is 2.12 bits per heavy atom. The van der Waals surface area contributed by atoms with Crippen LogP contribution in [0.3, 0.4) is 0 Å². The number of nitrogens with zero attached hydrogens (tertiary/aromatic N) is 2. The number of anilines is 1. The Balaban J connectivity index is 2.08. The van der Waals surface area contributed by atoms with Gasteiger partial charge in [0.1, 0.15) is 30.3 Å². The van der Waals surface area contributed by atoms with Crippen molar-refractivity contribution in [3.05, 3.63) is 22.7 Å². The Labute approximate surface area is 134 Å². The van der Waals surface area contributed by atoms with Crippen LogP contribution in [0.15, 0.2) is 17.1 Å². The normalized spacial score (nSPS) is 29.3. The molecule has 0 aliphatic carbocycles. The number of rotatable bonds is 6. The second-order valence-electron chi connectivity index (χ2n) is 5.07. The van der Waals surface area contributed by atoms with Crippen LogP contribution in [0.4, 0.5) is 5.82 Å². The van der Waals surface area contributed by atoms with E-state index >= 15 is 0 Å². The van der Waals surface area contributed by atoms with Gasteiger partial charge in [0, 0.05) is 6.20 Å². The lowest BCUT2D eigenvalue weighted by molar-refractivity contribution is -0.134. The number of aliphatic hydroxyl groups is 2. The molecule has 0 spiro atoms. The predicted octanol–water partition coefficient (Wildman–Crippen LogP) is -2.27. The molecule has 12 nitrogen and oxygen atoms in total. The molecule has 134 valence electrons. The van der Waals surface area contributed by atoms with E-state index in [-0.39, 0.29) is 5.82 Å². The second kappa shape index (κ2) is 6.97. The van der Waals surface area contributed by atoms with Gasteiger partial charge in [0.2, 0.25) is 0 Å². The quantitative estimate of drug-likeness (QED) is 0.341. The summed E-state index contributed by atoms with van der Waals surface area (Å²) in [6.45, 7) is -0.660. The average Bonchev–Trinajstić information content (AvgIpc) is 2.72. The van der Waals surface area contributed by atoms with Gasteiger partial charge in [-0.1, -0.05) is 0 Å². The van der Waals surface area contributed by atoms with Crippen molar-refractivity contribution in [3.8, 4) is 0 Å². The van der Waals surface area contributed by atoms with Crippen LogP contribution < -0.4 is 11.4 Å². The second-order valence-corrected chi connectivity index (χ2v) is 6.92. The highest BCUT2D eigenvalue weighted by molar-refractivity contribution is 7.53. The molecule has 13 heteroatoms. The van der Waals surface area contributed by atoms with Gasteiger partial charge in [-0.15, -0.1) is 0 Å². The Hall–Kier alpha value is -1.82. The van der Waals surface area contributed by atoms with Gasteiger partial charge in [-0.2, -0.15) is 4.98 Å². The molecule has 2 rings (SSSR count). The molecular formula is C11H16N3O9P. The summed E-state index contributed by atoms with van der Waals surface area (Å²) in [4.78, 5) is 35.0. The number of hydrogen-bond donors (Lipinski definition) is 5. The first-order valence-corrected chi connectivity index (χ1v) is 8.41. The molecule has 1 aromatic rings. The topological polar surface area (TPSA) is 194 Å². The number of nitrogens with two attached hydrogens (primary N) is 1. The highest BCUT2D eigenvalue weighted by atomic mass is 31.2. The molecule has 0 amide bonds. The molecule has 5 atom stereocenters. The highest BCUT2D eigenvalue weighted by Gasteiger charge is 2.45. The van der Waals surface area contributed by atoms with E-state index in [2.05, 4.69) is 9.51 Å². The Morgan fingerprint density at radius 1 is 1.46 bits per heavy atom.